The first-order valence-electron chi connectivity index (χ1n) is 7.07. The van der Waals surface area contributed by atoms with Gasteiger partial charge in [-0.15, -0.1) is 0 Å². The quantitative estimate of drug-likeness (QED) is 0.880. The molecule has 1 aromatic rings. The molecule has 5 heteroatoms. The second-order valence-electron chi connectivity index (χ2n) is 5.20. The van der Waals surface area contributed by atoms with Crippen molar-refractivity contribution in [1.82, 2.24) is 10.2 Å². The first-order chi connectivity index (χ1) is 9.67. The van der Waals surface area contributed by atoms with Crippen LogP contribution in [0.3, 0.4) is 0 Å². The predicted molar refractivity (Wildman–Crippen MR) is 84.3 cm³/mol. The van der Waals surface area contributed by atoms with E-state index in [1.165, 1.54) is 5.56 Å². The summed E-state index contributed by atoms with van der Waals surface area (Å²) in [4.78, 5) is 14.1. The maximum absolute atomic E-state index is 11.7. The van der Waals surface area contributed by atoms with E-state index >= 15 is 0 Å². The van der Waals surface area contributed by atoms with Crippen LogP contribution in [-0.2, 0) is 4.79 Å². The van der Waals surface area contributed by atoms with Crippen LogP contribution in [0.2, 0.25) is 0 Å². The van der Waals surface area contributed by atoms with Crippen molar-refractivity contribution in [1.29, 1.82) is 0 Å². The lowest BCUT2D eigenvalue weighted by Crippen LogP contribution is -2.43. The number of hydrogen-bond acceptors (Lipinski definition) is 3. The number of amides is 1. The molecule has 0 spiro atoms. The molecule has 1 amide bonds. The number of hydrogen-bond donors (Lipinski definition) is 2. The Morgan fingerprint density at radius 1 is 1.45 bits per heavy atom. The monoisotopic (exact) mass is 339 g/mol. The summed E-state index contributed by atoms with van der Waals surface area (Å²) in [5, 5.41) is 2.74. The summed E-state index contributed by atoms with van der Waals surface area (Å²) in [5.41, 5.74) is 7.21. The van der Waals surface area contributed by atoms with Gasteiger partial charge in [-0.1, -0.05) is 34.1 Å². The Morgan fingerprint density at radius 2 is 2.10 bits per heavy atom. The molecule has 1 atom stereocenters. The highest BCUT2D eigenvalue weighted by atomic mass is 79.9. The van der Waals surface area contributed by atoms with E-state index in [1.807, 2.05) is 12.1 Å². The van der Waals surface area contributed by atoms with Crippen molar-refractivity contribution in [3.63, 3.8) is 0 Å². The van der Waals surface area contributed by atoms with Gasteiger partial charge < -0.3 is 11.1 Å². The van der Waals surface area contributed by atoms with Crippen LogP contribution >= 0.6 is 15.9 Å². The average molecular weight is 340 g/mol. The fraction of sp³-hybridized carbons (Fsp3) is 0.533. The molecule has 0 aromatic heterocycles. The van der Waals surface area contributed by atoms with E-state index < -0.39 is 0 Å². The van der Waals surface area contributed by atoms with Crippen molar-refractivity contribution in [2.24, 2.45) is 11.7 Å². The van der Waals surface area contributed by atoms with Crippen LogP contribution < -0.4 is 11.1 Å². The summed E-state index contributed by atoms with van der Waals surface area (Å²) in [6.07, 6.45) is 1.81. The number of nitrogens with one attached hydrogen (secondary N) is 1. The lowest BCUT2D eigenvalue weighted by Gasteiger charge is -2.37. The number of halogens is 1. The number of piperidine rings is 1. The standard InChI is InChI=1S/C15H22BrN3O/c1-18-15(20)11-6-8-19(9-7-11)14(10-17)12-4-2-3-5-13(12)16/h2-5,11,14H,6-10,17H2,1H3,(H,18,20). The van der Waals surface area contributed by atoms with Crippen molar-refractivity contribution in [3.05, 3.63) is 34.3 Å². The SMILES string of the molecule is CNC(=O)C1CCN(C(CN)c2ccccc2Br)CC1. The number of carbonyl (C=O) groups is 1. The first kappa shape index (κ1) is 15.5. The van der Waals surface area contributed by atoms with Crippen LogP contribution in [0.4, 0.5) is 0 Å². The van der Waals surface area contributed by atoms with Gasteiger partial charge in [0.05, 0.1) is 0 Å². The fourth-order valence-electron chi connectivity index (χ4n) is 2.90. The summed E-state index contributed by atoms with van der Waals surface area (Å²) in [5.74, 6) is 0.309. The number of nitrogens with zero attached hydrogens (tertiary/aromatic N) is 1. The second kappa shape index (κ2) is 7.20. The third-order valence-corrected chi connectivity index (χ3v) is 4.80. The summed E-state index contributed by atoms with van der Waals surface area (Å²) < 4.78 is 1.10. The summed E-state index contributed by atoms with van der Waals surface area (Å²) in [6, 6.07) is 8.44. The number of likely N-dealkylation sites (tertiary alicyclic amines) is 1. The lowest BCUT2D eigenvalue weighted by atomic mass is 9.93. The van der Waals surface area contributed by atoms with Crippen LogP contribution in [0.25, 0.3) is 0 Å². The molecule has 2 rings (SSSR count). The highest BCUT2D eigenvalue weighted by molar-refractivity contribution is 9.10. The van der Waals surface area contributed by atoms with Gasteiger partial charge in [0.15, 0.2) is 0 Å². The van der Waals surface area contributed by atoms with Crippen molar-refractivity contribution in [2.45, 2.75) is 18.9 Å². The first-order valence-corrected chi connectivity index (χ1v) is 7.86. The highest BCUT2D eigenvalue weighted by Crippen LogP contribution is 2.30. The van der Waals surface area contributed by atoms with E-state index in [2.05, 4.69) is 38.3 Å². The van der Waals surface area contributed by atoms with Gasteiger partial charge in [0, 0.05) is 30.0 Å². The van der Waals surface area contributed by atoms with Gasteiger partial charge in [-0.2, -0.15) is 0 Å². The molecule has 1 saturated heterocycles. The molecule has 1 aliphatic heterocycles. The van der Waals surface area contributed by atoms with Gasteiger partial charge in [-0.3, -0.25) is 9.69 Å². The molecule has 1 aliphatic rings. The largest absolute Gasteiger partial charge is 0.359 e. The predicted octanol–water partition coefficient (Wildman–Crippen LogP) is 1.91. The maximum atomic E-state index is 11.7. The maximum Gasteiger partial charge on any atom is 0.222 e. The van der Waals surface area contributed by atoms with Crippen LogP contribution in [0.1, 0.15) is 24.4 Å². The Bertz CT molecular complexity index is 458. The van der Waals surface area contributed by atoms with Crippen molar-refractivity contribution in [3.8, 4) is 0 Å². The Hall–Kier alpha value is -0.910. The van der Waals surface area contributed by atoms with Crippen molar-refractivity contribution in [2.75, 3.05) is 26.7 Å². The molecule has 0 aliphatic carbocycles. The van der Waals surface area contributed by atoms with Gasteiger partial charge in [0.1, 0.15) is 0 Å². The number of benzene rings is 1. The second-order valence-corrected chi connectivity index (χ2v) is 6.05. The van der Waals surface area contributed by atoms with Gasteiger partial charge in [-0.25, -0.2) is 0 Å². The third kappa shape index (κ3) is 3.40. The molecule has 0 saturated carbocycles. The molecule has 110 valence electrons. The van der Waals surface area contributed by atoms with E-state index in [-0.39, 0.29) is 17.9 Å². The van der Waals surface area contributed by atoms with Gasteiger partial charge in [0.25, 0.3) is 0 Å². The zero-order chi connectivity index (χ0) is 14.5. The minimum atomic E-state index is 0.147. The zero-order valence-electron chi connectivity index (χ0n) is 11.8. The zero-order valence-corrected chi connectivity index (χ0v) is 13.4. The summed E-state index contributed by atoms with van der Waals surface area (Å²) >= 11 is 3.60. The fourth-order valence-corrected chi connectivity index (χ4v) is 3.44. The number of carbonyl (C=O) groups excluding carboxylic acids is 1. The normalized spacial score (nSPS) is 18.8. The molecule has 1 fully saturated rings. The Labute approximate surface area is 128 Å². The van der Waals surface area contributed by atoms with E-state index in [9.17, 15) is 4.79 Å². The minimum Gasteiger partial charge on any atom is -0.359 e. The van der Waals surface area contributed by atoms with E-state index in [0.29, 0.717) is 6.54 Å². The molecule has 1 aromatic carbocycles. The molecule has 3 N–H and O–H groups in total. The lowest BCUT2D eigenvalue weighted by molar-refractivity contribution is -0.126. The molecular weight excluding hydrogens is 318 g/mol. The van der Waals surface area contributed by atoms with E-state index in [0.717, 1.165) is 30.4 Å². The summed E-state index contributed by atoms with van der Waals surface area (Å²) in [7, 11) is 1.71. The topological polar surface area (TPSA) is 58.4 Å². The number of rotatable bonds is 4. The number of nitrogens with two attached hydrogens (primary N) is 1. The van der Waals surface area contributed by atoms with Crippen LogP contribution in [0.5, 0.6) is 0 Å². The molecular formula is C15H22BrN3O. The van der Waals surface area contributed by atoms with E-state index in [4.69, 9.17) is 5.73 Å². The van der Waals surface area contributed by atoms with Crippen LogP contribution in [0.15, 0.2) is 28.7 Å². The van der Waals surface area contributed by atoms with Crippen LogP contribution in [-0.4, -0.2) is 37.5 Å². The van der Waals surface area contributed by atoms with Crippen molar-refractivity contribution >= 4 is 21.8 Å². The Kier molecular flexibility index (Phi) is 5.57. The van der Waals surface area contributed by atoms with Gasteiger partial charge in [-0.05, 0) is 37.6 Å². The summed E-state index contributed by atoms with van der Waals surface area (Å²) in [6.45, 7) is 2.43. The minimum absolute atomic E-state index is 0.147. The Balaban J connectivity index is 2.04. The molecule has 20 heavy (non-hydrogen) atoms. The average Bonchev–Trinajstić information content (AvgIpc) is 2.50. The highest BCUT2D eigenvalue weighted by Gasteiger charge is 2.28. The van der Waals surface area contributed by atoms with Gasteiger partial charge >= 0.3 is 0 Å². The molecule has 0 bridgehead atoms. The molecule has 0 radical (unpaired) electrons. The Morgan fingerprint density at radius 3 is 2.65 bits per heavy atom. The van der Waals surface area contributed by atoms with E-state index in [1.54, 1.807) is 7.05 Å². The molecule has 4 nitrogen and oxygen atoms in total. The van der Waals surface area contributed by atoms with Crippen molar-refractivity contribution < 1.29 is 4.79 Å². The molecule has 1 heterocycles. The van der Waals surface area contributed by atoms with Gasteiger partial charge in [0.2, 0.25) is 5.91 Å². The molecule has 1 unspecified atom stereocenters. The third-order valence-electron chi connectivity index (χ3n) is 4.07. The smallest absolute Gasteiger partial charge is 0.222 e. The van der Waals surface area contributed by atoms with Crippen LogP contribution in [0, 0.1) is 5.92 Å².